The molecule has 32 heavy (non-hydrogen) atoms. The number of nitrogens with zero attached hydrogens (tertiary/aromatic N) is 4. The summed E-state index contributed by atoms with van der Waals surface area (Å²) in [5, 5.41) is 4.73. The van der Waals surface area contributed by atoms with Gasteiger partial charge in [-0.25, -0.2) is 9.97 Å². The molecule has 4 rings (SSSR count). The number of aryl methyl sites for hydroxylation is 1. The van der Waals surface area contributed by atoms with Gasteiger partial charge in [0, 0.05) is 55.1 Å². The maximum absolute atomic E-state index is 13.0. The van der Waals surface area contributed by atoms with Gasteiger partial charge in [-0.1, -0.05) is 19.9 Å². The van der Waals surface area contributed by atoms with Crippen LogP contribution in [-0.2, 0) is 0 Å². The number of rotatable bonds is 5. The molecular formula is C24H27N5O2S. The molecule has 7 nitrogen and oxygen atoms in total. The van der Waals surface area contributed by atoms with Crippen LogP contribution in [0, 0.1) is 6.92 Å². The Labute approximate surface area is 192 Å². The first-order chi connectivity index (χ1) is 15.4. The largest absolute Gasteiger partial charge is 0.353 e. The number of anilines is 2. The van der Waals surface area contributed by atoms with Gasteiger partial charge in [0.25, 0.3) is 11.8 Å². The first kappa shape index (κ1) is 22.0. The van der Waals surface area contributed by atoms with Crippen LogP contribution in [-0.4, -0.2) is 52.9 Å². The van der Waals surface area contributed by atoms with Crippen LogP contribution in [0.3, 0.4) is 0 Å². The van der Waals surface area contributed by atoms with Gasteiger partial charge >= 0.3 is 0 Å². The lowest BCUT2D eigenvalue weighted by Crippen LogP contribution is -2.49. The highest BCUT2D eigenvalue weighted by Gasteiger charge is 2.23. The summed E-state index contributed by atoms with van der Waals surface area (Å²) in [6, 6.07) is 12.7. The third kappa shape index (κ3) is 4.96. The molecule has 1 N–H and O–H groups in total. The second-order valence-corrected chi connectivity index (χ2v) is 9.12. The van der Waals surface area contributed by atoms with E-state index < -0.39 is 0 Å². The molecule has 1 aliphatic heterocycles. The number of amides is 2. The molecule has 0 aliphatic carbocycles. The highest BCUT2D eigenvalue weighted by molar-refractivity contribution is 7.12. The van der Waals surface area contributed by atoms with Crippen molar-refractivity contribution in [3.8, 4) is 0 Å². The van der Waals surface area contributed by atoms with Crippen LogP contribution >= 0.6 is 11.3 Å². The van der Waals surface area contributed by atoms with Crippen LogP contribution in [0.4, 0.5) is 11.5 Å². The Morgan fingerprint density at radius 2 is 1.75 bits per heavy atom. The molecule has 0 bridgehead atoms. The summed E-state index contributed by atoms with van der Waals surface area (Å²) in [5.74, 6) is 1.91. The minimum absolute atomic E-state index is 0.00233. The van der Waals surface area contributed by atoms with Gasteiger partial charge in [0.15, 0.2) is 0 Å². The number of piperazine rings is 1. The molecule has 3 heterocycles. The van der Waals surface area contributed by atoms with E-state index in [0.717, 1.165) is 30.4 Å². The quantitative estimate of drug-likeness (QED) is 0.632. The van der Waals surface area contributed by atoms with E-state index in [4.69, 9.17) is 4.98 Å². The van der Waals surface area contributed by atoms with E-state index in [9.17, 15) is 9.59 Å². The normalized spacial score (nSPS) is 14.0. The zero-order valence-corrected chi connectivity index (χ0v) is 19.4. The Morgan fingerprint density at radius 1 is 1.03 bits per heavy atom. The second-order valence-electron chi connectivity index (χ2n) is 8.17. The molecule has 8 heteroatoms. The van der Waals surface area contributed by atoms with Gasteiger partial charge in [0.05, 0.1) is 4.88 Å². The van der Waals surface area contributed by atoms with E-state index in [1.54, 1.807) is 30.3 Å². The molecule has 0 spiro atoms. The second kappa shape index (κ2) is 9.48. The monoisotopic (exact) mass is 449 g/mol. The molecule has 1 aromatic carbocycles. The van der Waals surface area contributed by atoms with Gasteiger partial charge in [-0.05, 0) is 42.6 Å². The molecule has 2 amide bonds. The SMILES string of the molecule is Cc1cc(N2CCN(C(=O)c3ccc(NC(=O)c4cccs4)cc3)CC2)nc(C(C)C)n1. The Morgan fingerprint density at radius 3 is 2.38 bits per heavy atom. The van der Waals surface area contributed by atoms with Crippen molar-refractivity contribution in [1.29, 1.82) is 0 Å². The van der Waals surface area contributed by atoms with E-state index in [0.29, 0.717) is 29.2 Å². The van der Waals surface area contributed by atoms with Gasteiger partial charge in [-0.2, -0.15) is 0 Å². The van der Waals surface area contributed by atoms with Crippen LogP contribution in [0.25, 0.3) is 0 Å². The molecule has 0 atom stereocenters. The van der Waals surface area contributed by atoms with Gasteiger partial charge < -0.3 is 15.1 Å². The summed E-state index contributed by atoms with van der Waals surface area (Å²) in [7, 11) is 0. The number of carbonyl (C=O) groups is 2. The van der Waals surface area contributed by atoms with Gasteiger partial charge in [-0.3, -0.25) is 9.59 Å². The predicted molar refractivity (Wildman–Crippen MR) is 128 cm³/mol. The zero-order chi connectivity index (χ0) is 22.7. The Kier molecular flexibility index (Phi) is 6.50. The topological polar surface area (TPSA) is 78.4 Å². The lowest BCUT2D eigenvalue weighted by molar-refractivity contribution is 0.0746. The van der Waals surface area contributed by atoms with Gasteiger partial charge in [-0.15, -0.1) is 11.3 Å². The van der Waals surface area contributed by atoms with Crippen molar-refractivity contribution in [3.05, 3.63) is 69.8 Å². The standard InChI is InChI=1S/C24H27N5O2S/c1-16(2)22-25-17(3)15-21(27-22)28-10-12-29(13-11-28)24(31)18-6-8-19(9-7-18)26-23(30)20-5-4-14-32-20/h4-9,14-16H,10-13H2,1-3H3,(H,26,30). The third-order valence-electron chi connectivity index (χ3n) is 5.40. The number of hydrogen-bond acceptors (Lipinski definition) is 6. The van der Waals surface area contributed by atoms with Crippen molar-refractivity contribution in [3.63, 3.8) is 0 Å². The van der Waals surface area contributed by atoms with E-state index in [-0.39, 0.29) is 17.7 Å². The number of hydrogen-bond donors (Lipinski definition) is 1. The van der Waals surface area contributed by atoms with E-state index in [2.05, 4.69) is 29.0 Å². The number of benzene rings is 1. The van der Waals surface area contributed by atoms with Gasteiger partial charge in [0.1, 0.15) is 11.6 Å². The fourth-order valence-corrected chi connectivity index (χ4v) is 4.23. The van der Waals surface area contributed by atoms with Crippen molar-refractivity contribution in [1.82, 2.24) is 14.9 Å². The highest BCUT2D eigenvalue weighted by Crippen LogP contribution is 2.20. The fraction of sp³-hybridized carbons (Fsp3) is 0.333. The molecule has 0 radical (unpaired) electrons. The van der Waals surface area contributed by atoms with Crippen LogP contribution < -0.4 is 10.2 Å². The molecular weight excluding hydrogens is 422 g/mol. The third-order valence-corrected chi connectivity index (χ3v) is 6.27. The average molecular weight is 450 g/mol. The van der Waals surface area contributed by atoms with Crippen LogP contribution in [0.2, 0.25) is 0 Å². The zero-order valence-electron chi connectivity index (χ0n) is 18.5. The number of carbonyl (C=O) groups excluding carboxylic acids is 2. The fourth-order valence-electron chi connectivity index (χ4n) is 3.61. The average Bonchev–Trinajstić information content (AvgIpc) is 3.34. The Bertz CT molecular complexity index is 1090. The highest BCUT2D eigenvalue weighted by atomic mass is 32.1. The molecule has 0 unspecified atom stereocenters. The minimum atomic E-state index is -0.143. The maximum Gasteiger partial charge on any atom is 0.265 e. The maximum atomic E-state index is 13.0. The molecule has 0 saturated carbocycles. The summed E-state index contributed by atoms with van der Waals surface area (Å²) in [6.07, 6.45) is 0. The lowest BCUT2D eigenvalue weighted by atomic mass is 10.1. The first-order valence-electron chi connectivity index (χ1n) is 10.8. The van der Waals surface area contributed by atoms with Crippen LogP contribution in [0.15, 0.2) is 47.8 Å². The Balaban J connectivity index is 1.36. The summed E-state index contributed by atoms with van der Waals surface area (Å²) < 4.78 is 0. The summed E-state index contributed by atoms with van der Waals surface area (Å²) in [6.45, 7) is 8.90. The molecule has 3 aromatic rings. The van der Waals surface area contributed by atoms with Gasteiger partial charge in [0.2, 0.25) is 0 Å². The molecule has 1 aliphatic rings. The number of aromatic nitrogens is 2. The van der Waals surface area contributed by atoms with Crippen LogP contribution in [0.5, 0.6) is 0 Å². The summed E-state index contributed by atoms with van der Waals surface area (Å²) in [5.41, 5.74) is 2.25. The van der Waals surface area contributed by atoms with Crippen molar-refractivity contribution in [2.75, 3.05) is 36.4 Å². The first-order valence-corrected chi connectivity index (χ1v) is 11.6. The van der Waals surface area contributed by atoms with Crippen molar-refractivity contribution < 1.29 is 9.59 Å². The van der Waals surface area contributed by atoms with E-state index in [1.807, 2.05) is 29.3 Å². The lowest BCUT2D eigenvalue weighted by Gasteiger charge is -2.35. The van der Waals surface area contributed by atoms with E-state index >= 15 is 0 Å². The smallest absolute Gasteiger partial charge is 0.265 e. The minimum Gasteiger partial charge on any atom is -0.353 e. The predicted octanol–water partition coefficient (Wildman–Crippen LogP) is 4.18. The van der Waals surface area contributed by atoms with Crippen molar-refractivity contribution >= 4 is 34.7 Å². The Hall–Kier alpha value is -3.26. The molecule has 1 saturated heterocycles. The summed E-state index contributed by atoms with van der Waals surface area (Å²) in [4.78, 5) is 39.1. The van der Waals surface area contributed by atoms with Crippen molar-refractivity contribution in [2.45, 2.75) is 26.7 Å². The van der Waals surface area contributed by atoms with Crippen LogP contribution in [0.1, 0.15) is 51.3 Å². The summed E-state index contributed by atoms with van der Waals surface area (Å²) >= 11 is 1.39. The number of nitrogens with one attached hydrogen (secondary N) is 1. The molecule has 166 valence electrons. The van der Waals surface area contributed by atoms with Crippen molar-refractivity contribution in [2.24, 2.45) is 0 Å². The molecule has 2 aromatic heterocycles. The van der Waals surface area contributed by atoms with E-state index in [1.165, 1.54) is 11.3 Å². The molecule has 1 fully saturated rings. The number of thiophene rings is 1.